The molecule has 0 aliphatic carbocycles. The summed E-state index contributed by atoms with van der Waals surface area (Å²) in [4.78, 5) is 10.3. The van der Waals surface area contributed by atoms with Gasteiger partial charge in [-0.05, 0) is 13.0 Å². The van der Waals surface area contributed by atoms with Crippen LogP contribution in [0.3, 0.4) is 0 Å². The molecule has 14 heavy (non-hydrogen) atoms. The molecule has 0 bridgehead atoms. The maximum atomic E-state index is 11.6. The van der Waals surface area contributed by atoms with E-state index in [1.807, 2.05) is 0 Å². The first kappa shape index (κ1) is 13.2. The molecule has 1 amide bonds. The fourth-order valence-electron chi connectivity index (χ4n) is 0.720. The molecule has 7 heteroatoms. The van der Waals surface area contributed by atoms with Crippen LogP contribution in [0.2, 0.25) is 0 Å². The molecule has 0 spiro atoms. The second-order valence-electron chi connectivity index (χ2n) is 2.58. The summed E-state index contributed by atoms with van der Waals surface area (Å²) in [5, 5.41) is 12.8. The first-order chi connectivity index (χ1) is 6.48. The monoisotopic (exact) mass is 214 g/mol. The largest absolute Gasteiger partial charge is 0.471 e. The molecule has 0 saturated carbocycles. The number of aliphatic hydroxyl groups excluding tert-OH is 1. The van der Waals surface area contributed by atoms with Crippen molar-refractivity contribution in [1.82, 2.24) is 10.6 Å². The molecule has 0 rings (SSSR count). The Morgan fingerprint density at radius 3 is 2.36 bits per heavy atom. The molecule has 0 aliphatic rings. The van der Waals surface area contributed by atoms with Crippen LogP contribution in [0, 0.1) is 0 Å². The summed E-state index contributed by atoms with van der Waals surface area (Å²) in [5.41, 5.74) is 0. The van der Waals surface area contributed by atoms with Gasteiger partial charge in [-0.25, -0.2) is 0 Å². The highest BCUT2D eigenvalue weighted by molar-refractivity contribution is 5.81. The summed E-state index contributed by atoms with van der Waals surface area (Å²) >= 11 is 0. The number of hydrogen-bond acceptors (Lipinski definition) is 3. The molecule has 0 radical (unpaired) electrons. The number of halogens is 3. The van der Waals surface area contributed by atoms with E-state index in [1.54, 1.807) is 5.32 Å². The number of nitrogens with one attached hydrogen (secondary N) is 2. The Morgan fingerprint density at radius 1 is 1.21 bits per heavy atom. The van der Waals surface area contributed by atoms with Crippen LogP contribution in [0.1, 0.15) is 6.42 Å². The summed E-state index contributed by atoms with van der Waals surface area (Å²) in [6.45, 7) is 0.803. The summed E-state index contributed by atoms with van der Waals surface area (Å²) in [5.74, 6) is -1.92. The summed E-state index contributed by atoms with van der Waals surface area (Å²) < 4.78 is 34.9. The van der Waals surface area contributed by atoms with Gasteiger partial charge < -0.3 is 15.7 Å². The summed E-state index contributed by atoms with van der Waals surface area (Å²) in [7, 11) is 0. The molecule has 0 aromatic rings. The van der Waals surface area contributed by atoms with E-state index in [2.05, 4.69) is 5.32 Å². The zero-order valence-electron chi connectivity index (χ0n) is 7.52. The third-order valence-corrected chi connectivity index (χ3v) is 1.36. The second-order valence-corrected chi connectivity index (χ2v) is 2.58. The maximum Gasteiger partial charge on any atom is 0.471 e. The Bertz CT molecular complexity index is 173. The molecule has 0 aromatic heterocycles. The van der Waals surface area contributed by atoms with Crippen LogP contribution >= 0.6 is 0 Å². The standard InChI is InChI=1S/C7H13F3N2O2/c8-7(9,10)6(14)12-3-1-2-11-4-5-13/h11,13H,1-5H2,(H,12,14). The van der Waals surface area contributed by atoms with Crippen molar-refractivity contribution >= 4 is 5.91 Å². The Morgan fingerprint density at radius 2 is 1.86 bits per heavy atom. The fraction of sp³-hybridized carbons (Fsp3) is 0.857. The zero-order chi connectivity index (χ0) is 11.0. The Labute approximate surface area is 79.5 Å². The Hall–Kier alpha value is -0.820. The topological polar surface area (TPSA) is 61.4 Å². The minimum atomic E-state index is -4.81. The summed E-state index contributed by atoms with van der Waals surface area (Å²) in [6.07, 6.45) is -4.42. The number of hydrogen-bond donors (Lipinski definition) is 3. The predicted molar refractivity (Wildman–Crippen MR) is 43.6 cm³/mol. The van der Waals surface area contributed by atoms with Crippen molar-refractivity contribution in [3.05, 3.63) is 0 Å². The van der Waals surface area contributed by atoms with Gasteiger partial charge in [0.1, 0.15) is 0 Å². The van der Waals surface area contributed by atoms with Crippen LogP contribution in [0.15, 0.2) is 0 Å². The lowest BCUT2D eigenvalue weighted by Gasteiger charge is -2.07. The number of rotatable bonds is 6. The van der Waals surface area contributed by atoms with Gasteiger partial charge in [-0.3, -0.25) is 4.79 Å². The number of carbonyl (C=O) groups excluding carboxylic acids is 1. The van der Waals surface area contributed by atoms with Gasteiger partial charge in [0.2, 0.25) is 0 Å². The van der Waals surface area contributed by atoms with E-state index in [1.165, 1.54) is 0 Å². The van der Waals surface area contributed by atoms with Crippen molar-refractivity contribution in [1.29, 1.82) is 0 Å². The minimum absolute atomic E-state index is 0.0189. The van der Waals surface area contributed by atoms with Crippen LogP contribution in [-0.2, 0) is 4.79 Å². The van der Waals surface area contributed by atoms with Gasteiger partial charge in [0, 0.05) is 13.1 Å². The lowest BCUT2D eigenvalue weighted by molar-refractivity contribution is -0.173. The Kier molecular flexibility index (Phi) is 6.22. The van der Waals surface area contributed by atoms with Crippen molar-refractivity contribution in [2.75, 3.05) is 26.2 Å². The van der Waals surface area contributed by atoms with Crippen LogP contribution in [0.5, 0.6) is 0 Å². The van der Waals surface area contributed by atoms with Crippen LogP contribution in [-0.4, -0.2) is 43.4 Å². The molecule has 0 unspecified atom stereocenters. The average Bonchev–Trinajstić information content (AvgIpc) is 2.09. The lowest BCUT2D eigenvalue weighted by Crippen LogP contribution is -2.38. The van der Waals surface area contributed by atoms with Gasteiger partial charge in [-0.1, -0.05) is 0 Å². The summed E-state index contributed by atoms with van der Waals surface area (Å²) in [6, 6.07) is 0. The van der Waals surface area contributed by atoms with Crippen molar-refractivity contribution < 1.29 is 23.1 Å². The van der Waals surface area contributed by atoms with E-state index >= 15 is 0 Å². The van der Waals surface area contributed by atoms with Gasteiger partial charge in [-0.15, -0.1) is 0 Å². The van der Waals surface area contributed by atoms with Crippen molar-refractivity contribution in [3.8, 4) is 0 Å². The van der Waals surface area contributed by atoms with Crippen molar-refractivity contribution in [2.24, 2.45) is 0 Å². The van der Waals surface area contributed by atoms with E-state index in [4.69, 9.17) is 5.11 Å². The van der Waals surface area contributed by atoms with Gasteiger partial charge >= 0.3 is 12.1 Å². The number of alkyl halides is 3. The van der Waals surface area contributed by atoms with Crippen molar-refractivity contribution in [2.45, 2.75) is 12.6 Å². The molecule has 84 valence electrons. The number of amides is 1. The molecule has 0 fully saturated rings. The normalized spacial score (nSPS) is 11.4. The highest BCUT2D eigenvalue weighted by Gasteiger charge is 2.37. The molecule has 0 atom stereocenters. The zero-order valence-corrected chi connectivity index (χ0v) is 7.52. The van der Waals surface area contributed by atoms with Crippen LogP contribution in [0.4, 0.5) is 13.2 Å². The first-order valence-electron chi connectivity index (χ1n) is 4.15. The smallest absolute Gasteiger partial charge is 0.395 e. The molecule has 0 heterocycles. The highest BCUT2D eigenvalue weighted by atomic mass is 19.4. The quantitative estimate of drug-likeness (QED) is 0.529. The second kappa shape index (κ2) is 6.61. The van der Waals surface area contributed by atoms with E-state index in [0.29, 0.717) is 19.5 Å². The highest BCUT2D eigenvalue weighted by Crippen LogP contribution is 2.13. The lowest BCUT2D eigenvalue weighted by atomic mass is 10.4. The molecule has 0 saturated heterocycles. The Balaban J connectivity index is 3.33. The van der Waals surface area contributed by atoms with Crippen molar-refractivity contribution in [3.63, 3.8) is 0 Å². The molecule has 3 N–H and O–H groups in total. The van der Waals surface area contributed by atoms with Gasteiger partial charge in [-0.2, -0.15) is 13.2 Å². The van der Waals surface area contributed by atoms with Crippen LogP contribution in [0.25, 0.3) is 0 Å². The molecular formula is C7H13F3N2O2. The van der Waals surface area contributed by atoms with Crippen LogP contribution < -0.4 is 10.6 Å². The molecule has 0 aromatic carbocycles. The minimum Gasteiger partial charge on any atom is -0.395 e. The van der Waals surface area contributed by atoms with Gasteiger partial charge in [0.25, 0.3) is 0 Å². The van der Waals surface area contributed by atoms with E-state index < -0.39 is 12.1 Å². The van der Waals surface area contributed by atoms with E-state index in [-0.39, 0.29) is 13.2 Å². The maximum absolute atomic E-state index is 11.6. The molecule has 4 nitrogen and oxygen atoms in total. The number of aliphatic hydroxyl groups is 1. The average molecular weight is 214 g/mol. The predicted octanol–water partition coefficient (Wildman–Crippen LogP) is -0.363. The fourth-order valence-corrected chi connectivity index (χ4v) is 0.720. The van der Waals surface area contributed by atoms with Gasteiger partial charge in [0.15, 0.2) is 0 Å². The number of carbonyl (C=O) groups is 1. The molecular weight excluding hydrogens is 201 g/mol. The molecule has 0 aliphatic heterocycles. The third kappa shape index (κ3) is 6.67. The SMILES string of the molecule is O=C(NCCCNCCO)C(F)(F)F. The first-order valence-corrected chi connectivity index (χ1v) is 4.15. The van der Waals surface area contributed by atoms with E-state index in [0.717, 1.165) is 0 Å². The van der Waals surface area contributed by atoms with E-state index in [9.17, 15) is 18.0 Å². The third-order valence-electron chi connectivity index (χ3n) is 1.36. The van der Waals surface area contributed by atoms with Gasteiger partial charge in [0.05, 0.1) is 6.61 Å².